The van der Waals surface area contributed by atoms with Gasteiger partial charge in [-0.1, -0.05) is 72.8 Å². The summed E-state index contributed by atoms with van der Waals surface area (Å²) < 4.78 is 5.42. The molecule has 3 aromatic rings. The Bertz CT molecular complexity index is 883. The molecule has 0 atom stereocenters. The molecule has 3 aromatic carbocycles. The van der Waals surface area contributed by atoms with Crippen LogP contribution in [0.2, 0.25) is 0 Å². The van der Waals surface area contributed by atoms with E-state index in [4.69, 9.17) is 4.74 Å². The van der Waals surface area contributed by atoms with Crippen LogP contribution in [-0.4, -0.2) is 19.2 Å². The van der Waals surface area contributed by atoms with Gasteiger partial charge < -0.3 is 15.4 Å². The molecule has 0 aromatic heterocycles. The van der Waals surface area contributed by atoms with Gasteiger partial charge in [-0.2, -0.15) is 0 Å². The van der Waals surface area contributed by atoms with Crippen LogP contribution < -0.4 is 10.6 Å². The number of rotatable bonds is 4. The molecule has 4 nitrogen and oxygen atoms in total. The first kappa shape index (κ1) is 15.7. The van der Waals surface area contributed by atoms with Crippen LogP contribution in [-0.2, 0) is 16.9 Å². The first-order valence-electron chi connectivity index (χ1n) is 8.45. The number of amides is 1. The van der Waals surface area contributed by atoms with Crippen molar-refractivity contribution < 1.29 is 9.53 Å². The maximum atomic E-state index is 12.4. The third-order valence-electron chi connectivity index (χ3n) is 4.71. The average Bonchev–Trinajstić information content (AvgIpc) is 2.63. The third-order valence-corrected chi connectivity index (χ3v) is 4.71. The van der Waals surface area contributed by atoms with Gasteiger partial charge in [-0.25, -0.2) is 4.79 Å². The monoisotopic (exact) mass is 332 g/mol. The molecule has 0 bridgehead atoms. The van der Waals surface area contributed by atoms with Gasteiger partial charge in [0.15, 0.2) is 0 Å². The van der Waals surface area contributed by atoms with Crippen LogP contribution in [0.25, 0.3) is 10.8 Å². The number of hydrogen-bond donors (Lipinski definition) is 2. The number of alkyl carbamates (subject to hydrolysis) is 1. The lowest BCUT2D eigenvalue weighted by molar-refractivity contribution is 0.114. The summed E-state index contributed by atoms with van der Waals surface area (Å²) in [6, 6.07) is 24.2. The Morgan fingerprint density at radius 1 is 0.960 bits per heavy atom. The van der Waals surface area contributed by atoms with E-state index in [1.54, 1.807) is 0 Å². The standard InChI is InChI=1S/C21H20N2O2/c24-20(25-13-16-7-2-1-3-8-16)23-21(14-22-15-21)19-12-6-10-17-9-4-5-11-18(17)19/h1-12,22H,13-15H2,(H,23,24). The van der Waals surface area contributed by atoms with Crippen LogP contribution in [0.5, 0.6) is 0 Å². The number of hydrogen-bond acceptors (Lipinski definition) is 3. The minimum absolute atomic E-state index is 0.270. The van der Waals surface area contributed by atoms with E-state index in [9.17, 15) is 4.79 Å². The Kier molecular flexibility index (Phi) is 4.12. The number of carbonyl (C=O) groups excluding carboxylic acids is 1. The summed E-state index contributed by atoms with van der Waals surface area (Å²) in [6.45, 7) is 1.66. The van der Waals surface area contributed by atoms with Gasteiger partial charge in [-0.05, 0) is 21.9 Å². The van der Waals surface area contributed by atoms with E-state index in [0.29, 0.717) is 13.1 Å². The van der Waals surface area contributed by atoms with Crippen molar-refractivity contribution >= 4 is 16.9 Å². The lowest BCUT2D eigenvalue weighted by Gasteiger charge is -2.43. The molecule has 0 spiro atoms. The number of nitrogens with one attached hydrogen (secondary N) is 2. The van der Waals surface area contributed by atoms with Crippen LogP contribution in [0.1, 0.15) is 11.1 Å². The van der Waals surface area contributed by atoms with Gasteiger partial charge in [0, 0.05) is 13.1 Å². The fourth-order valence-electron chi connectivity index (χ4n) is 3.32. The second-order valence-electron chi connectivity index (χ2n) is 6.40. The third kappa shape index (κ3) is 3.08. The van der Waals surface area contributed by atoms with Gasteiger partial charge in [0.25, 0.3) is 0 Å². The highest BCUT2D eigenvalue weighted by Gasteiger charge is 2.41. The SMILES string of the molecule is O=C(NC1(c2cccc3ccccc23)CNC1)OCc1ccccc1. The molecule has 4 heteroatoms. The summed E-state index contributed by atoms with van der Waals surface area (Å²) in [4.78, 5) is 12.4. The zero-order valence-corrected chi connectivity index (χ0v) is 13.9. The number of benzene rings is 3. The van der Waals surface area contributed by atoms with E-state index in [0.717, 1.165) is 16.5 Å². The molecule has 0 saturated carbocycles. The summed E-state index contributed by atoms with van der Waals surface area (Å²) in [5.74, 6) is 0. The zero-order chi connectivity index (χ0) is 17.1. The highest BCUT2D eigenvalue weighted by molar-refractivity contribution is 5.87. The summed E-state index contributed by atoms with van der Waals surface area (Å²) in [6.07, 6.45) is -0.390. The fraction of sp³-hybridized carbons (Fsp3) is 0.190. The quantitative estimate of drug-likeness (QED) is 0.768. The smallest absolute Gasteiger partial charge is 0.408 e. The van der Waals surface area contributed by atoms with E-state index in [1.807, 2.05) is 48.5 Å². The Hall–Kier alpha value is -2.85. The van der Waals surface area contributed by atoms with Gasteiger partial charge >= 0.3 is 6.09 Å². The average molecular weight is 332 g/mol. The first-order valence-corrected chi connectivity index (χ1v) is 8.45. The second-order valence-corrected chi connectivity index (χ2v) is 6.40. The van der Waals surface area contributed by atoms with E-state index in [1.165, 1.54) is 5.39 Å². The minimum Gasteiger partial charge on any atom is -0.445 e. The van der Waals surface area contributed by atoms with Crippen LogP contribution in [0.3, 0.4) is 0 Å². The van der Waals surface area contributed by atoms with Gasteiger partial charge in [0.05, 0.1) is 5.54 Å². The molecule has 25 heavy (non-hydrogen) atoms. The normalized spacial score (nSPS) is 15.4. The van der Waals surface area contributed by atoms with Crippen LogP contribution in [0, 0.1) is 0 Å². The summed E-state index contributed by atoms with van der Waals surface area (Å²) in [5.41, 5.74) is 1.68. The van der Waals surface area contributed by atoms with E-state index < -0.39 is 11.6 Å². The highest BCUT2D eigenvalue weighted by Crippen LogP contribution is 2.32. The molecule has 0 radical (unpaired) electrons. The van der Waals surface area contributed by atoms with Crippen molar-refractivity contribution in [3.8, 4) is 0 Å². The van der Waals surface area contributed by atoms with Crippen LogP contribution >= 0.6 is 0 Å². The molecule has 0 aliphatic carbocycles. The molecule has 2 N–H and O–H groups in total. The lowest BCUT2D eigenvalue weighted by Crippen LogP contribution is -2.66. The largest absolute Gasteiger partial charge is 0.445 e. The molecule has 1 amide bonds. The van der Waals surface area contributed by atoms with Crippen LogP contribution in [0.15, 0.2) is 72.8 Å². The number of carbonyl (C=O) groups is 1. The molecular weight excluding hydrogens is 312 g/mol. The molecule has 1 aliphatic heterocycles. The van der Waals surface area contributed by atoms with Crippen molar-refractivity contribution in [2.45, 2.75) is 12.1 Å². The Labute approximate surface area is 146 Å². The molecule has 1 fully saturated rings. The summed E-state index contributed by atoms with van der Waals surface area (Å²) >= 11 is 0. The Morgan fingerprint density at radius 2 is 1.68 bits per heavy atom. The molecular formula is C21H20N2O2. The molecule has 1 heterocycles. The molecule has 1 saturated heterocycles. The lowest BCUT2D eigenvalue weighted by atomic mass is 9.81. The van der Waals surface area contributed by atoms with Crippen molar-refractivity contribution in [3.63, 3.8) is 0 Å². The summed E-state index contributed by atoms with van der Waals surface area (Å²) in [5, 5.41) is 8.69. The topological polar surface area (TPSA) is 50.4 Å². The summed E-state index contributed by atoms with van der Waals surface area (Å²) in [7, 11) is 0. The number of ether oxygens (including phenoxy) is 1. The minimum atomic E-state index is -0.422. The van der Waals surface area contributed by atoms with Gasteiger partial charge in [0.1, 0.15) is 6.61 Å². The van der Waals surface area contributed by atoms with Gasteiger partial charge in [-0.15, -0.1) is 0 Å². The van der Waals surface area contributed by atoms with Gasteiger partial charge in [0.2, 0.25) is 0 Å². The highest BCUT2D eigenvalue weighted by atomic mass is 16.5. The van der Waals surface area contributed by atoms with E-state index >= 15 is 0 Å². The molecule has 0 unspecified atom stereocenters. The second kappa shape index (κ2) is 6.57. The Morgan fingerprint density at radius 3 is 2.44 bits per heavy atom. The maximum Gasteiger partial charge on any atom is 0.408 e. The van der Waals surface area contributed by atoms with Crippen molar-refractivity contribution in [3.05, 3.63) is 83.9 Å². The van der Waals surface area contributed by atoms with Crippen molar-refractivity contribution in [2.75, 3.05) is 13.1 Å². The zero-order valence-electron chi connectivity index (χ0n) is 13.9. The fourth-order valence-corrected chi connectivity index (χ4v) is 3.32. The first-order chi connectivity index (χ1) is 12.3. The predicted molar refractivity (Wildman–Crippen MR) is 98.3 cm³/mol. The van der Waals surface area contributed by atoms with Crippen LogP contribution in [0.4, 0.5) is 4.79 Å². The predicted octanol–water partition coefficient (Wildman–Crippen LogP) is 3.56. The number of fused-ring (bicyclic) bond motifs is 1. The van der Waals surface area contributed by atoms with Gasteiger partial charge in [-0.3, -0.25) is 0 Å². The molecule has 1 aliphatic rings. The van der Waals surface area contributed by atoms with E-state index in [-0.39, 0.29) is 6.61 Å². The molecule has 4 rings (SSSR count). The molecule has 126 valence electrons. The van der Waals surface area contributed by atoms with E-state index in [2.05, 4.69) is 34.9 Å². The van der Waals surface area contributed by atoms with Crippen molar-refractivity contribution in [1.29, 1.82) is 0 Å². The Balaban J connectivity index is 1.54. The van der Waals surface area contributed by atoms with Crippen molar-refractivity contribution in [2.24, 2.45) is 0 Å². The van der Waals surface area contributed by atoms with Crippen molar-refractivity contribution in [1.82, 2.24) is 10.6 Å². The maximum absolute atomic E-state index is 12.4.